The highest BCUT2D eigenvalue weighted by Gasteiger charge is 2.51. The van der Waals surface area contributed by atoms with Crippen LogP contribution in [0.3, 0.4) is 0 Å². The van der Waals surface area contributed by atoms with Gasteiger partial charge in [0, 0.05) is 22.4 Å². The molecule has 0 radical (unpaired) electrons. The Morgan fingerprint density at radius 1 is 0.407 bits per heavy atom. The summed E-state index contributed by atoms with van der Waals surface area (Å²) >= 11 is 0. The van der Waals surface area contributed by atoms with E-state index >= 15 is 0 Å². The number of aromatic nitrogens is 1. The van der Waals surface area contributed by atoms with Crippen LogP contribution in [0.5, 0.6) is 0 Å². The topological polar surface area (TPSA) is 4.93 Å². The summed E-state index contributed by atoms with van der Waals surface area (Å²) in [6.07, 6.45) is 3.20. The Kier molecular flexibility index (Phi) is 7.10. The van der Waals surface area contributed by atoms with Gasteiger partial charge in [-0.3, -0.25) is 0 Å². The van der Waals surface area contributed by atoms with Gasteiger partial charge in [-0.15, -0.1) is 0 Å². The maximum absolute atomic E-state index is 2.58. The molecule has 0 aliphatic heterocycles. The van der Waals surface area contributed by atoms with Crippen LogP contribution >= 0.6 is 0 Å². The highest BCUT2D eigenvalue weighted by molar-refractivity contribution is 6.09. The zero-order valence-electron chi connectivity index (χ0n) is 30.1. The third-order valence-corrected chi connectivity index (χ3v) is 12.3. The maximum atomic E-state index is 2.58. The normalized spacial score (nSPS) is 13.9. The number of nitrogens with zero attached hydrogens (tertiary/aromatic N) is 1. The molecule has 256 valence electrons. The summed E-state index contributed by atoms with van der Waals surface area (Å²) in [4.78, 5) is 0. The van der Waals surface area contributed by atoms with Gasteiger partial charge in [-0.1, -0.05) is 164 Å². The number of hydrogen-bond acceptors (Lipinski definition) is 0. The predicted octanol–water partition coefficient (Wildman–Crippen LogP) is 13.3. The van der Waals surface area contributed by atoms with Crippen LogP contribution in [-0.2, 0) is 11.8 Å². The molecule has 0 amide bonds. The molecule has 0 saturated carbocycles. The van der Waals surface area contributed by atoms with E-state index in [1.807, 2.05) is 0 Å². The molecule has 1 aromatic heterocycles. The molecular weight excluding hydrogens is 651 g/mol. The molecule has 0 N–H and O–H groups in total. The Bertz CT molecular complexity index is 2800. The van der Waals surface area contributed by atoms with Crippen LogP contribution in [0.15, 0.2) is 194 Å². The molecule has 2 aliphatic carbocycles. The summed E-state index contributed by atoms with van der Waals surface area (Å²) in [5.74, 6) is 0.285. The van der Waals surface area contributed by atoms with Gasteiger partial charge in [-0.2, -0.15) is 0 Å². The lowest BCUT2D eigenvalue weighted by atomic mass is 9.70. The summed E-state index contributed by atoms with van der Waals surface area (Å²) < 4.78 is 2.40. The van der Waals surface area contributed by atoms with E-state index in [-0.39, 0.29) is 11.3 Å². The Labute approximate surface area is 316 Å². The van der Waals surface area contributed by atoms with Gasteiger partial charge in [0.25, 0.3) is 0 Å². The van der Waals surface area contributed by atoms with E-state index in [4.69, 9.17) is 0 Å². The molecule has 2 aliphatic rings. The van der Waals surface area contributed by atoms with Crippen molar-refractivity contribution >= 4 is 21.8 Å². The predicted molar refractivity (Wildman–Crippen MR) is 225 cm³/mol. The van der Waals surface area contributed by atoms with Crippen molar-refractivity contribution in [1.82, 2.24) is 4.57 Å². The van der Waals surface area contributed by atoms with Crippen LogP contribution in [0, 0.1) is 0 Å². The van der Waals surface area contributed by atoms with Crippen molar-refractivity contribution in [2.24, 2.45) is 0 Å². The summed E-state index contributed by atoms with van der Waals surface area (Å²) in [5, 5.41) is 2.63. The largest absolute Gasteiger partial charge is 0.309 e. The standard InChI is InChI=1S/C53H39N/c1-3-17-37(18-4-1)40(25-15-16-36-30-33-52-46(34-36)45-24-10-14-29-51(45)54(52)39-19-5-2-6-20-39)38-31-32-44-43-23-9-13-28-49(43)53(50(44)35-38)47-26-11-7-21-41(47)42-22-8-12-27-48(42)53/h1-14,17-24,26-35,40H,15-16,25H2. The highest BCUT2D eigenvalue weighted by Crippen LogP contribution is 2.63. The Hall–Kier alpha value is -6.44. The second-order valence-corrected chi connectivity index (χ2v) is 15.1. The molecule has 8 aromatic carbocycles. The van der Waals surface area contributed by atoms with E-state index in [0.717, 1.165) is 19.3 Å². The first kappa shape index (κ1) is 31.1. The fourth-order valence-corrected chi connectivity index (χ4v) is 10.1. The quantitative estimate of drug-likeness (QED) is 0.157. The molecule has 1 unspecified atom stereocenters. The lowest BCUT2D eigenvalue weighted by molar-refractivity contribution is 0.659. The monoisotopic (exact) mass is 689 g/mol. The minimum absolute atomic E-state index is 0.285. The van der Waals surface area contributed by atoms with Crippen LogP contribution in [0.4, 0.5) is 0 Å². The van der Waals surface area contributed by atoms with Gasteiger partial charge < -0.3 is 4.57 Å². The van der Waals surface area contributed by atoms with Crippen molar-refractivity contribution < 1.29 is 0 Å². The third kappa shape index (κ3) is 4.51. The van der Waals surface area contributed by atoms with Crippen LogP contribution < -0.4 is 0 Å². The second-order valence-electron chi connectivity index (χ2n) is 15.1. The lowest BCUT2D eigenvalue weighted by Crippen LogP contribution is -2.26. The second kappa shape index (κ2) is 12.3. The van der Waals surface area contributed by atoms with Gasteiger partial charge in [-0.25, -0.2) is 0 Å². The lowest BCUT2D eigenvalue weighted by Gasteiger charge is -2.31. The minimum Gasteiger partial charge on any atom is -0.309 e. The summed E-state index contributed by atoms with van der Waals surface area (Å²) in [6.45, 7) is 0. The number of rotatable bonds is 7. The van der Waals surface area contributed by atoms with Crippen molar-refractivity contribution in [3.8, 4) is 27.9 Å². The number of hydrogen-bond donors (Lipinski definition) is 0. The highest BCUT2D eigenvalue weighted by atomic mass is 15.0. The van der Waals surface area contributed by atoms with E-state index in [1.54, 1.807) is 0 Å². The zero-order valence-corrected chi connectivity index (χ0v) is 30.1. The van der Waals surface area contributed by atoms with Crippen LogP contribution in [0.2, 0.25) is 0 Å². The van der Waals surface area contributed by atoms with Gasteiger partial charge in [0.05, 0.1) is 16.4 Å². The Morgan fingerprint density at radius 2 is 0.963 bits per heavy atom. The Morgan fingerprint density at radius 3 is 1.65 bits per heavy atom. The van der Waals surface area contributed by atoms with E-state index in [0.29, 0.717) is 0 Å². The number of aryl methyl sites for hydroxylation is 1. The molecule has 1 nitrogen and oxygen atoms in total. The fourth-order valence-electron chi connectivity index (χ4n) is 10.1. The molecule has 0 fully saturated rings. The molecular formula is C53H39N. The summed E-state index contributed by atoms with van der Waals surface area (Å²) in [6, 6.07) is 72.6. The molecule has 1 heteroatoms. The maximum Gasteiger partial charge on any atom is 0.0725 e. The molecule has 1 heterocycles. The van der Waals surface area contributed by atoms with E-state index in [1.165, 1.54) is 88.7 Å². The summed E-state index contributed by atoms with van der Waals surface area (Å²) in [5.41, 5.74) is 18.6. The fraction of sp³-hybridized carbons (Fsp3) is 0.0943. The average Bonchev–Trinajstić information content (AvgIpc) is 3.84. The molecule has 54 heavy (non-hydrogen) atoms. The Balaban J connectivity index is 0.986. The van der Waals surface area contributed by atoms with Crippen molar-refractivity contribution in [3.05, 3.63) is 233 Å². The number of fused-ring (bicyclic) bond motifs is 13. The number of benzene rings is 8. The van der Waals surface area contributed by atoms with Crippen molar-refractivity contribution in [1.29, 1.82) is 0 Å². The average molecular weight is 690 g/mol. The zero-order chi connectivity index (χ0) is 35.6. The van der Waals surface area contributed by atoms with Crippen LogP contribution in [-0.4, -0.2) is 4.57 Å². The van der Waals surface area contributed by atoms with Crippen LogP contribution in [0.1, 0.15) is 57.7 Å². The third-order valence-electron chi connectivity index (χ3n) is 12.3. The van der Waals surface area contributed by atoms with Gasteiger partial charge in [0.1, 0.15) is 0 Å². The first-order valence-corrected chi connectivity index (χ1v) is 19.4. The smallest absolute Gasteiger partial charge is 0.0725 e. The van der Waals surface area contributed by atoms with E-state index in [9.17, 15) is 0 Å². The first-order valence-electron chi connectivity index (χ1n) is 19.4. The van der Waals surface area contributed by atoms with Gasteiger partial charge in [0.2, 0.25) is 0 Å². The van der Waals surface area contributed by atoms with Crippen molar-refractivity contribution in [3.63, 3.8) is 0 Å². The van der Waals surface area contributed by atoms with E-state index < -0.39 is 0 Å². The molecule has 0 bridgehead atoms. The van der Waals surface area contributed by atoms with Gasteiger partial charge >= 0.3 is 0 Å². The minimum atomic E-state index is -0.329. The van der Waals surface area contributed by atoms with Gasteiger partial charge in [-0.05, 0) is 111 Å². The first-order chi connectivity index (χ1) is 26.8. The molecule has 1 spiro atoms. The number of para-hydroxylation sites is 2. The van der Waals surface area contributed by atoms with Crippen molar-refractivity contribution in [2.45, 2.75) is 30.6 Å². The van der Waals surface area contributed by atoms with Gasteiger partial charge in [0.15, 0.2) is 0 Å². The molecule has 0 saturated heterocycles. The molecule has 1 atom stereocenters. The SMILES string of the molecule is c1ccc(C(CCCc2ccc3c(c2)c2ccccc2n3-c2ccccc2)c2ccc3c(c2)C2(c4ccccc4-c4ccccc42)c2ccccc2-3)cc1. The molecule has 9 aromatic rings. The van der Waals surface area contributed by atoms with Crippen molar-refractivity contribution in [2.75, 3.05) is 0 Å². The molecule has 11 rings (SSSR count). The van der Waals surface area contributed by atoms with E-state index in [2.05, 4.69) is 199 Å². The summed E-state index contributed by atoms with van der Waals surface area (Å²) in [7, 11) is 0. The van der Waals surface area contributed by atoms with Crippen LogP contribution in [0.25, 0.3) is 49.7 Å².